The molecule has 1 aliphatic heterocycles. The van der Waals surface area contributed by atoms with Crippen molar-refractivity contribution in [1.82, 2.24) is 10.2 Å². The van der Waals surface area contributed by atoms with Gasteiger partial charge < -0.3 is 10.2 Å². The maximum atomic E-state index is 12.6. The number of nitrogens with zero attached hydrogens (tertiary/aromatic N) is 1. The Labute approximate surface area is 145 Å². The van der Waals surface area contributed by atoms with Crippen LogP contribution in [-0.2, 0) is 4.79 Å². The molecular formula is C20H30N2O2. The molecule has 2 rings (SSSR count). The SMILES string of the molecule is CC(C)c1ccc(C(=O)N2CCC(NC(=O)C(C)(C)C)CC2)cc1. The maximum absolute atomic E-state index is 12.6. The Morgan fingerprint density at radius 3 is 2.08 bits per heavy atom. The van der Waals surface area contributed by atoms with Crippen molar-refractivity contribution in [2.45, 2.75) is 59.4 Å². The quantitative estimate of drug-likeness (QED) is 0.921. The molecule has 1 saturated heterocycles. The van der Waals surface area contributed by atoms with Crippen LogP contribution in [-0.4, -0.2) is 35.8 Å². The van der Waals surface area contributed by atoms with Crippen LogP contribution in [0, 0.1) is 5.41 Å². The molecule has 0 unspecified atom stereocenters. The third kappa shape index (κ3) is 4.59. The fourth-order valence-electron chi connectivity index (χ4n) is 2.82. The lowest BCUT2D eigenvalue weighted by Gasteiger charge is -2.33. The number of likely N-dealkylation sites (tertiary alicyclic amines) is 1. The Bertz CT molecular complexity index is 577. The summed E-state index contributed by atoms with van der Waals surface area (Å²) in [7, 11) is 0. The van der Waals surface area contributed by atoms with Crippen molar-refractivity contribution in [1.29, 1.82) is 0 Å². The zero-order chi connectivity index (χ0) is 17.9. The molecule has 1 aromatic carbocycles. The number of carbonyl (C=O) groups is 2. The van der Waals surface area contributed by atoms with E-state index >= 15 is 0 Å². The number of rotatable bonds is 3. The van der Waals surface area contributed by atoms with Crippen LogP contribution in [0.3, 0.4) is 0 Å². The number of hydrogen-bond donors (Lipinski definition) is 1. The van der Waals surface area contributed by atoms with Gasteiger partial charge in [0.05, 0.1) is 0 Å². The first-order valence-corrected chi connectivity index (χ1v) is 8.88. The van der Waals surface area contributed by atoms with E-state index in [0.29, 0.717) is 19.0 Å². The largest absolute Gasteiger partial charge is 0.353 e. The van der Waals surface area contributed by atoms with E-state index in [9.17, 15) is 9.59 Å². The minimum absolute atomic E-state index is 0.0801. The summed E-state index contributed by atoms with van der Waals surface area (Å²) in [5.74, 6) is 0.638. The second kappa shape index (κ2) is 7.37. The average molecular weight is 330 g/mol. The van der Waals surface area contributed by atoms with Gasteiger partial charge in [0, 0.05) is 30.1 Å². The number of nitrogens with one attached hydrogen (secondary N) is 1. The maximum Gasteiger partial charge on any atom is 0.253 e. The lowest BCUT2D eigenvalue weighted by molar-refractivity contribution is -0.129. The van der Waals surface area contributed by atoms with Gasteiger partial charge in [-0.3, -0.25) is 9.59 Å². The summed E-state index contributed by atoms with van der Waals surface area (Å²) in [5, 5.41) is 3.10. The monoisotopic (exact) mass is 330 g/mol. The molecule has 2 amide bonds. The molecule has 1 aromatic rings. The van der Waals surface area contributed by atoms with Crippen LogP contribution in [0.1, 0.15) is 69.3 Å². The van der Waals surface area contributed by atoms with Crippen LogP contribution in [0.2, 0.25) is 0 Å². The minimum Gasteiger partial charge on any atom is -0.353 e. The first-order chi connectivity index (χ1) is 11.2. The van der Waals surface area contributed by atoms with Crippen molar-refractivity contribution in [2.24, 2.45) is 5.41 Å². The molecule has 1 fully saturated rings. The lowest BCUT2D eigenvalue weighted by Crippen LogP contribution is -2.49. The number of piperidine rings is 1. The highest BCUT2D eigenvalue weighted by Gasteiger charge is 2.28. The van der Waals surface area contributed by atoms with Crippen molar-refractivity contribution < 1.29 is 9.59 Å². The molecule has 132 valence electrons. The molecule has 4 heteroatoms. The molecule has 0 radical (unpaired) electrons. The van der Waals surface area contributed by atoms with E-state index in [2.05, 4.69) is 19.2 Å². The second-order valence-electron chi connectivity index (χ2n) is 8.07. The topological polar surface area (TPSA) is 49.4 Å². The molecular weight excluding hydrogens is 300 g/mol. The molecule has 1 heterocycles. The van der Waals surface area contributed by atoms with E-state index in [0.717, 1.165) is 18.4 Å². The highest BCUT2D eigenvalue weighted by atomic mass is 16.2. The normalized spacial score (nSPS) is 16.3. The van der Waals surface area contributed by atoms with Crippen molar-refractivity contribution in [3.8, 4) is 0 Å². The predicted octanol–water partition coefficient (Wildman–Crippen LogP) is 3.58. The summed E-state index contributed by atoms with van der Waals surface area (Å²) < 4.78 is 0. The van der Waals surface area contributed by atoms with Gasteiger partial charge in [-0.15, -0.1) is 0 Å². The Balaban J connectivity index is 1.89. The summed E-state index contributed by atoms with van der Waals surface area (Å²) in [4.78, 5) is 26.6. The predicted molar refractivity (Wildman–Crippen MR) is 97.1 cm³/mol. The molecule has 0 saturated carbocycles. The Kier molecular flexibility index (Phi) is 5.68. The standard InChI is InChI=1S/C20H30N2O2/c1-14(2)15-6-8-16(9-7-15)18(23)22-12-10-17(11-13-22)21-19(24)20(3,4)5/h6-9,14,17H,10-13H2,1-5H3,(H,21,24). The van der Waals surface area contributed by atoms with E-state index in [1.165, 1.54) is 5.56 Å². The molecule has 0 aliphatic carbocycles. The third-order valence-electron chi connectivity index (χ3n) is 4.62. The van der Waals surface area contributed by atoms with Crippen LogP contribution < -0.4 is 5.32 Å². The fourth-order valence-corrected chi connectivity index (χ4v) is 2.82. The van der Waals surface area contributed by atoms with Crippen LogP contribution in [0.5, 0.6) is 0 Å². The van der Waals surface area contributed by atoms with Gasteiger partial charge in [-0.25, -0.2) is 0 Å². The molecule has 1 aliphatic rings. The summed E-state index contributed by atoms with van der Waals surface area (Å²) in [6, 6.07) is 8.09. The molecule has 4 nitrogen and oxygen atoms in total. The zero-order valence-electron chi connectivity index (χ0n) is 15.6. The molecule has 0 spiro atoms. The lowest BCUT2D eigenvalue weighted by atomic mass is 9.94. The van der Waals surface area contributed by atoms with Crippen molar-refractivity contribution in [3.05, 3.63) is 35.4 Å². The first-order valence-electron chi connectivity index (χ1n) is 8.88. The number of benzene rings is 1. The van der Waals surface area contributed by atoms with E-state index in [1.54, 1.807) is 0 Å². The Morgan fingerprint density at radius 1 is 1.08 bits per heavy atom. The highest BCUT2D eigenvalue weighted by Crippen LogP contribution is 2.19. The molecule has 0 aromatic heterocycles. The van der Waals surface area contributed by atoms with Crippen molar-refractivity contribution in [3.63, 3.8) is 0 Å². The minimum atomic E-state index is -0.370. The molecule has 0 atom stereocenters. The van der Waals surface area contributed by atoms with Crippen LogP contribution in [0.4, 0.5) is 0 Å². The van der Waals surface area contributed by atoms with Gasteiger partial charge in [0.1, 0.15) is 0 Å². The first kappa shape index (κ1) is 18.5. The Morgan fingerprint density at radius 2 is 1.62 bits per heavy atom. The Hall–Kier alpha value is -1.84. The number of carbonyl (C=O) groups excluding carboxylic acids is 2. The van der Waals surface area contributed by atoms with E-state index in [4.69, 9.17) is 0 Å². The summed E-state index contributed by atoms with van der Waals surface area (Å²) in [6.07, 6.45) is 1.63. The third-order valence-corrected chi connectivity index (χ3v) is 4.62. The number of amides is 2. The van der Waals surface area contributed by atoms with E-state index < -0.39 is 0 Å². The van der Waals surface area contributed by atoms with Crippen LogP contribution in [0.25, 0.3) is 0 Å². The fraction of sp³-hybridized carbons (Fsp3) is 0.600. The molecule has 24 heavy (non-hydrogen) atoms. The van der Waals surface area contributed by atoms with Gasteiger partial charge in [0.2, 0.25) is 5.91 Å². The van der Waals surface area contributed by atoms with Gasteiger partial charge in [-0.1, -0.05) is 46.8 Å². The molecule has 1 N–H and O–H groups in total. The highest BCUT2D eigenvalue weighted by molar-refractivity contribution is 5.94. The zero-order valence-corrected chi connectivity index (χ0v) is 15.6. The van der Waals surface area contributed by atoms with Crippen molar-refractivity contribution >= 4 is 11.8 Å². The second-order valence-corrected chi connectivity index (χ2v) is 8.07. The average Bonchev–Trinajstić information content (AvgIpc) is 2.54. The van der Waals surface area contributed by atoms with Gasteiger partial charge in [-0.05, 0) is 36.5 Å². The van der Waals surface area contributed by atoms with Crippen LogP contribution >= 0.6 is 0 Å². The smallest absolute Gasteiger partial charge is 0.253 e. The van der Waals surface area contributed by atoms with Gasteiger partial charge in [0.25, 0.3) is 5.91 Å². The molecule has 0 bridgehead atoms. The van der Waals surface area contributed by atoms with Crippen LogP contribution in [0.15, 0.2) is 24.3 Å². The summed E-state index contributed by atoms with van der Waals surface area (Å²) in [5.41, 5.74) is 1.62. The van der Waals surface area contributed by atoms with Gasteiger partial charge in [-0.2, -0.15) is 0 Å². The van der Waals surface area contributed by atoms with E-state index in [-0.39, 0.29) is 23.3 Å². The van der Waals surface area contributed by atoms with Crippen molar-refractivity contribution in [2.75, 3.05) is 13.1 Å². The summed E-state index contributed by atoms with van der Waals surface area (Å²) >= 11 is 0. The van der Waals surface area contributed by atoms with E-state index in [1.807, 2.05) is 49.9 Å². The van der Waals surface area contributed by atoms with Gasteiger partial charge >= 0.3 is 0 Å². The summed E-state index contributed by atoms with van der Waals surface area (Å²) in [6.45, 7) is 11.4. The van der Waals surface area contributed by atoms with Gasteiger partial charge in [0.15, 0.2) is 0 Å². The number of hydrogen-bond acceptors (Lipinski definition) is 2.